The number of esters is 2. The van der Waals surface area contributed by atoms with E-state index in [2.05, 4.69) is 6.58 Å². The minimum absolute atomic E-state index is 0.0196. The van der Waals surface area contributed by atoms with Crippen LogP contribution in [-0.2, 0) is 28.5 Å². The van der Waals surface area contributed by atoms with Gasteiger partial charge in [0.05, 0.1) is 28.8 Å². The van der Waals surface area contributed by atoms with Crippen LogP contribution in [0, 0.1) is 17.3 Å². The van der Waals surface area contributed by atoms with E-state index in [1.54, 1.807) is 41.5 Å². The number of hydrogen-bond acceptors (Lipinski definition) is 8. The van der Waals surface area contributed by atoms with E-state index < -0.39 is 69.8 Å². The van der Waals surface area contributed by atoms with Gasteiger partial charge in [0.1, 0.15) is 17.3 Å². The van der Waals surface area contributed by atoms with Gasteiger partial charge in [0.15, 0.2) is 5.60 Å². The molecule has 6 unspecified atom stereocenters. The molecule has 6 atom stereocenters. The summed E-state index contributed by atoms with van der Waals surface area (Å²) in [5, 5.41) is 20.8. The lowest BCUT2D eigenvalue weighted by Gasteiger charge is -2.60. The second kappa shape index (κ2) is 11.8. The predicted molar refractivity (Wildman–Crippen MR) is 157 cm³/mol. The molecule has 0 aromatic heterocycles. The molecular weight excluding hydrogens is 581 g/mol. The highest BCUT2D eigenvalue weighted by atomic mass is 19.4. The average molecular weight is 635 g/mol. The van der Waals surface area contributed by atoms with Crippen LogP contribution >= 0.6 is 0 Å². The van der Waals surface area contributed by atoms with Crippen molar-refractivity contribution in [1.82, 2.24) is 0 Å². The first-order chi connectivity index (χ1) is 19.6. The molecule has 4 rings (SSSR count). The molecule has 44 heavy (non-hydrogen) atoms. The molecule has 11 heteroatoms. The van der Waals surface area contributed by atoms with Gasteiger partial charge >= 0.3 is 18.1 Å². The number of aliphatic hydroxyl groups is 2. The van der Waals surface area contributed by atoms with Crippen molar-refractivity contribution in [2.24, 2.45) is 17.3 Å². The third-order valence-electron chi connectivity index (χ3n) is 10.1. The summed E-state index contributed by atoms with van der Waals surface area (Å²) in [6.07, 6.45) is -4.70. The van der Waals surface area contributed by atoms with Crippen molar-refractivity contribution in [1.29, 1.82) is 0 Å². The van der Waals surface area contributed by atoms with E-state index >= 15 is 0 Å². The van der Waals surface area contributed by atoms with E-state index in [1.165, 1.54) is 13.8 Å². The fourth-order valence-electron chi connectivity index (χ4n) is 7.50. The molecule has 0 aliphatic heterocycles. The average Bonchev–Trinajstić information content (AvgIpc) is 2.80. The maximum Gasteiger partial charge on any atom is 0.419 e. The Labute approximate surface area is 260 Å². The molecule has 4 aliphatic rings. The van der Waals surface area contributed by atoms with Gasteiger partial charge in [0.2, 0.25) is 0 Å². The number of hydrogen-bond donors (Lipinski definition) is 2. The summed E-state index contributed by atoms with van der Waals surface area (Å²) in [5.41, 5.74) is -8.32. The lowest BCUT2D eigenvalue weighted by atomic mass is 9.48. The smallest absolute Gasteiger partial charge is 0.419 e. The van der Waals surface area contributed by atoms with Crippen molar-refractivity contribution in [3.63, 3.8) is 0 Å². The van der Waals surface area contributed by atoms with Crippen LogP contribution in [0.2, 0.25) is 0 Å². The van der Waals surface area contributed by atoms with Gasteiger partial charge in [-0.1, -0.05) is 6.58 Å². The highest BCUT2D eigenvalue weighted by Crippen LogP contribution is 2.63. The molecule has 0 radical (unpaired) electrons. The van der Waals surface area contributed by atoms with E-state index in [0.717, 1.165) is 13.3 Å². The first-order valence-electron chi connectivity index (χ1n) is 15.6. The van der Waals surface area contributed by atoms with Crippen molar-refractivity contribution in [3.8, 4) is 0 Å². The Bertz CT molecular complexity index is 1090. The van der Waals surface area contributed by atoms with Crippen LogP contribution in [0.5, 0.6) is 0 Å². The molecule has 4 bridgehead atoms. The van der Waals surface area contributed by atoms with Gasteiger partial charge in [-0.05, 0) is 113 Å². The van der Waals surface area contributed by atoms with Gasteiger partial charge < -0.3 is 29.2 Å². The molecular formula is C33H53F3O8. The van der Waals surface area contributed by atoms with Crippen molar-refractivity contribution < 1.29 is 51.9 Å². The molecule has 8 nitrogen and oxygen atoms in total. The summed E-state index contributed by atoms with van der Waals surface area (Å²) in [6, 6.07) is 0. The van der Waals surface area contributed by atoms with Crippen LogP contribution in [0.15, 0.2) is 12.2 Å². The summed E-state index contributed by atoms with van der Waals surface area (Å²) in [5.74, 6) is -0.670. The van der Waals surface area contributed by atoms with E-state index in [9.17, 15) is 33.0 Å². The molecule has 2 N–H and O–H groups in total. The molecule has 0 saturated heterocycles. The minimum Gasteiger partial charge on any atom is -0.459 e. The second-order valence-electron chi connectivity index (χ2n) is 15.9. The van der Waals surface area contributed by atoms with Crippen molar-refractivity contribution in [2.75, 3.05) is 0 Å². The Hall–Kier alpha value is -1.69. The molecule has 4 fully saturated rings. The lowest BCUT2D eigenvalue weighted by molar-refractivity contribution is -0.304. The van der Waals surface area contributed by atoms with Crippen molar-refractivity contribution in [2.45, 2.75) is 167 Å². The summed E-state index contributed by atoms with van der Waals surface area (Å²) in [4.78, 5) is 26.9. The molecule has 4 aliphatic carbocycles. The first kappa shape index (κ1) is 36.8. The Morgan fingerprint density at radius 1 is 0.909 bits per heavy atom. The topological polar surface area (TPSA) is 112 Å². The van der Waals surface area contributed by atoms with Crippen molar-refractivity contribution >= 4 is 11.9 Å². The van der Waals surface area contributed by atoms with E-state index in [0.29, 0.717) is 39.0 Å². The summed E-state index contributed by atoms with van der Waals surface area (Å²) in [6.45, 7) is 18.5. The number of carbonyl (C=O) groups is 2. The molecule has 0 aromatic rings. The molecule has 0 aromatic carbocycles. The van der Waals surface area contributed by atoms with Crippen LogP contribution in [0.25, 0.3) is 0 Å². The zero-order valence-electron chi connectivity index (χ0n) is 28.0. The second-order valence-corrected chi connectivity index (χ2v) is 15.9. The maximum atomic E-state index is 14.3. The Kier molecular flexibility index (Phi) is 9.89. The van der Waals surface area contributed by atoms with Crippen molar-refractivity contribution in [3.05, 3.63) is 12.2 Å². The van der Waals surface area contributed by atoms with Crippen LogP contribution in [0.4, 0.5) is 13.2 Å². The molecule has 254 valence electrons. The molecule has 0 amide bonds. The van der Waals surface area contributed by atoms with Crippen LogP contribution in [0.1, 0.15) is 114 Å². The number of rotatable bonds is 13. The highest BCUT2D eigenvalue weighted by Gasteiger charge is 2.64. The fourth-order valence-corrected chi connectivity index (χ4v) is 7.50. The van der Waals surface area contributed by atoms with Gasteiger partial charge in [-0.15, -0.1) is 0 Å². The zero-order chi connectivity index (χ0) is 33.9. The number of halogens is 3. The standard InChI is InChI=1S/C33H53F3O8/c1-19(2)25(37)44-32-15-22-12-23(16-32)14-31(13-22,18-32)26(38)41-24(17-27(5,6)42-20(3)28(7,8)39)29(9,10)43-21(4)30(11,40)33(34,35)36/h20-24,39-40H,1,12-18H2,2-11H3. The number of ether oxygens (including phenoxy) is 4. The maximum absolute atomic E-state index is 14.3. The van der Waals surface area contributed by atoms with E-state index in [-0.39, 0.29) is 23.8 Å². The Morgan fingerprint density at radius 2 is 1.43 bits per heavy atom. The molecule has 0 heterocycles. The highest BCUT2D eigenvalue weighted by molar-refractivity contribution is 5.87. The minimum atomic E-state index is -4.96. The Morgan fingerprint density at radius 3 is 1.89 bits per heavy atom. The summed E-state index contributed by atoms with van der Waals surface area (Å²) >= 11 is 0. The monoisotopic (exact) mass is 634 g/mol. The van der Waals surface area contributed by atoms with Gasteiger partial charge in [0, 0.05) is 18.4 Å². The van der Waals surface area contributed by atoms with Crippen LogP contribution in [0.3, 0.4) is 0 Å². The fraction of sp³-hybridized carbons (Fsp3) is 0.879. The molecule has 0 spiro atoms. The third kappa shape index (κ3) is 7.81. The third-order valence-corrected chi connectivity index (χ3v) is 10.1. The lowest BCUT2D eigenvalue weighted by Crippen LogP contribution is -2.61. The van der Waals surface area contributed by atoms with Gasteiger partial charge in [0.25, 0.3) is 0 Å². The first-order valence-corrected chi connectivity index (χ1v) is 15.6. The summed E-state index contributed by atoms with van der Waals surface area (Å²) in [7, 11) is 0. The van der Waals surface area contributed by atoms with E-state index in [4.69, 9.17) is 18.9 Å². The molecule has 4 saturated carbocycles. The van der Waals surface area contributed by atoms with Gasteiger partial charge in [-0.25, -0.2) is 4.79 Å². The SMILES string of the molecule is C=C(C)C(=O)OC12CC3CC(C1)CC(C(=O)OC(CC(C)(C)OC(C)C(C)(C)O)C(C)(C)OC(C)C(C)(O)C(F)(F)F)(C3)C2. The van der Waals surface area contributed by atoms with Gasteiger partial charge in [-0.2, -0.15) is 13.2 Å². The summed E-state index contributed by atoms with van der Waals surface area (Å²) < 4.78 is 65.4. The predicted octanol–water partition coefficient (Wildman–Crippen LogP) is 6.20. The Balaban J connectivity index is 1.93. The number of alkyl halides is 3. The van der Waals surface area contributed by atoms with Gasteiger partial charge in [-0.3, -0.25) is 4.79 Å². The van der Waals surface area contributed by atoms with Crippen LogP contribution in [-0.4, -0.2) is 74.6 Å². The van der Waals surface area contributed by atoms with E-state index in [1.807, 2.05) is 0 Å². The zero-order valence-corrected chi connectivity index (χ0v) is 28.0. The number of carbonyl (C=O) groups excluding carboxylic acids is 2. The largest absolute Gasteiger partial charge is 0.459 e. The van der Waals surface area contributed by atoms with Crippen LogP contribution < -0.4 is 0 Å². The quantitative estimate of drug-likeness (QED) is 0.182. The normalized spacial score (nSPS) is 30.7.